The van der Waals surface area contributed by atoms with Crippen LogP contribution in [-0.4, -0.2) is 62.2 Å². The van der Waals surface area contributed by atoms with Gasteiger partial charge in [-0.15, -0.1) is 0 Å². The van der Waals surface area contributed by atoms with Crippen LogP contribution < -0.4 is 9.62 Å². The summed E-state index contributed by atoms with van der Waals surface area (Å²) in [6.45, 7) is 3.27. The summed E-state index contributed by atoms with van der Waals surface area (Å²) in [6.07, 6.45) is 0.903. The number of nitrogens with one attached hydrogen (secondary N) is 1. The Hall–Kier alpha value is -3.76. The van der Waals surface area contributed by atoms with Crippen LogP contribution in [0.15, 0.2) is 84.9 Å². The molecule has 40 heavy (non-hydrogen) atoms. The zero-order valence-corrected chi connectivity index (χ0v) is 24.1. The van der Waals surface area contributed by atoms with E-state index in [-0.39, 0.29) is 24.9 Å². The van der Waals surface area contributed by atoms with Crippen LogP contribution in [0.4, 0.5) is 10.1 Å². The summed E-state index contributed by atoms with van der Waals surface area (Å²) in [5.74, 6) is -1.35. The molecular formula is C30H37FN4O4S. The van der Waals surface area contributed by atoms with Gasteiger partial charge in [-0.1, -0.05) is 67.6 Å². The van der Waals surface area contributed by atoms with E-state index in [2.05, 4.69) is 5.32 Å². The first-order valence-electron chi connectivity index (χ1n) is 13.2. The second kappa shape index (κ2) is 14.0. The lowest BCUT2D eigenvalue weighted by molar-refractivity contribution is -0.140. The van der Waals surface area contributed by atoms with Gasteiger partial charge in [0.15, 0.2) is 0 Å². The van der Waals surface area contributed by atoms with Crippen LogP contribution in [0.5, 0.6) is 0 Å². The van der Waals surface area contributed by atoms with E-state index < -0.39 is 34.5 Å². The Labute approximate surface area is 236 Å². The van der Waals surface area contributed by atoms with Crippen molar-refractivity contribution in [3.8, 4) is 0 Å². The van der Waals surface area contributed by atoms with Gasteiger partial charge in [0.25, 0.3) is 0 Å². The van der Waals surface area contributed by atoms with Gasteiger partial charge in [0.05, 0.1) is 5.69 Å². The van der Waals surface area contributed by atoms with E-state index in [1.807, 2.05) is 44.2 Å². The van der Waals surface area contributed by atoms with Gasteiger partial charge >= 0.3 is 10.2 Å². The van der Waals surface area contributed by atoms with Crippen LogP contribution in [0.3, 0.4) is 0 Å². The number of anilines is 1. The van der Waals surface area contributed by atoms with E-state index in [0.29, 0.717) is 17.7 Å². The highest BCUT2D eigenvalue weighted by Crippen LogP contribution is 2.21. The Bertz CT molecular complexity index is 1350. The maximum absolute atomic E-state index is 14.1. The lowest BCUT2D eigenvalue weighted by atomic mass is 10.0. The number of amides is 2. The number of halogens is 1. The number of hydrogen-bond acceptors (Lipinski definition) is 4. The van der Waals surface area contributed by atoms with Crippen molar-refractivity contribution in [2.45, 2.75) is 45.3 Å². The first-order valence-corrected chi connectivity index (χ1v) is 14.6. The molecule has 0 aliphatic heterocycles. The SMILES string of the molecule is CC[C@H](C)NC(=O)[C@H](Cc1ccccc1)N(Cc1ccc(F)cc1)C(=O)CN(c1ccccc1)S(=O)(=O)N(C)C. The minimum atomic E-state index is -4.06. The maximum atomic E-state index is 14.1. The molecule has 0 unspecified atom stereocenters. The number of carbonyl (C=O) groups is 2. The third-order valence-corrected chi connectivity index (χ3v) is 8.42. The smallest absolute Gasteiger partial charge is 0.304 e. The van der Waals surface area contributed by atoms with Gasteiger partial charge in [-0.2, -0.15) is 12.7 Å². The summed E-state index contributed by atoms with van der Waals surface area (Å²) in [7, 11) is -1.27. The van der Waals surface area contributed by atoms with Crippen LogP contribution in [0.2, 0.25) is 0 Å². The Morgan fingerprint density at radius 1 is 0.875 bits per heavy atom. The summed E-state index contributed by atoms with van der Waals surface area (Å²) in [6, 6.07) is 22.2. The Morgan fingerprint density at radius 2 is 1.45 bits per heavy atom. The molecule has 3 rings (SSSR count). The van der Waals surface area contributed by atoms with Crippen LogP contribution in [0.1, 0.15) is 31.4 Å². The summed E-state index contributed by atoms with van der Waals surface area (Å²) >= 11 is 0. The molecule has 0 spiro atoms. The highest BCUT2D eigenvalue weighted by atomic mass is 32.2. The molecule has 3 aromatic carbocycles. The molecule has 3 aromatic rings. The third kappa shape index (κ3) is 8.12. The number of hydrogen-bond donors (Lipinski definition) is 1. The molecule has 0 aromatic heterocycles. The van der Waals surface area contributed by atoms with Crippen molar-refractivity contribution in [3.05, 3.63) is 102 Å². The highest BCUT2D eigenvalue weighted by molar-refractivity contribution is 7.90. The summed E-state index contributed by atoms with van der Waals surface area (Å²) in [4.78, 5) is 29.2. The molecule has 214 valence electrons. The predicted octanol–water partition coefficient (Wildman–Crippen LogP) is 3.99. The van der Waals surface area contributed by atoms with E-state index in [0.717, 1.165) is 14.2 Å². The second-order valence-corrected chi connectivity index (χ2v) is 11.9. The molecule has 1 N–H and O–H groups in total. The largest absolute Gasteiger partial charge is 0.352 e. The van der Waals surface area contributed by atoms with Gasteiger partial charge in [0, 0.05) is 33.1 Å². The molecule has 0 bridgehead atoms. The molecule has 2 atom stereocenters. The molecule has 0 heterocycles. The minimum absolute atomic E-state index is 0.0187. The van der Waals surface area contributed by atoms with Gasteiger partial charge in [-0.05, 0) is 48.7 Å². The zero-order valence-electron chi connectivity index (χ0n) is 23.3. The highest BCUT2D eigenvalue weighted by Gasteiger charge is 2.35. The summed E-state index contributed by atoms with van der Waals surface area (Å²) in [5, 5.41) is 2.98. The lowest BCUT2D eigenvalue weighted by Crippen LogP contribution is -2.55. The topological polar surface area (TPSA) is 90.0 Å². The first-order chi connectivity index (χ1) is 19.0. The van der Waals surface area contributed by atoms with Gasteiger partial charge in [0.2, 0.25) is 11.8 Å². The molecule has 0 aliphatic carbocycles. The molecule has 0 aliphatic rings. The first kappa shape index (κ1) is 30.8. The van der Waals surface area contributed by atoms with E-state index in [1.165, 1.54) is 31.1 Å². The molecule has 2 amide bonds. The maximum Gasteiger partial charge on any atom is 0.304 e. The number of benzene rings is 3. The van der Waals surface area contributed by atoms with E-state index in [9.17, 15) is 22.4 Å². The van der Waals surface area contributed by atoms with Crippen molar-refractivity contribution in [3.63, 3.8) is 0 Å². The van der Waals surface area contributed by atoms with Crippen LogP contribution in [0, 0.1) is 5.82 Å². The second-order valence-electron chi connectivity index (χ2n) is 9.80. The van der Waals surface area contributed by atoms with Gasteiger partial charge in [-0.25, -0.2) is 8.70 Å². The molecule has 0 saturated carbocycles. The van der Waals surface area contributed by atoms with E-state index >= 15 is 0 Å². The fraction of sp³-hybridized carbons (Fsp3) is 0.333. The zero-order chi connectivity index (χ0) is 29.3. The van der Waals surface area contributed by atoms with Crippen molar-refractivity contribution < 1.29 is 22.4 Å². The Kier molecular flexibility index (Phi) is 10.8. The fourth-order valence-corrected chi connectivity index (χ4v) is 5.15. The van der Waals surface area contributed by atoms with Crippen molar-refractivity contribution in [2.24, 2.45) is 0 Å². The number of carbonyl (C=O) groups excluding carboxylic acids is 2. The van der Waals surface area contributed by atoms with E-state index in [4.69, 9.17) is 0 Å². The Balaban J connectivity index is 2.07. The normalized spacial score (nSPS) is 12.9. The average Bonchev–Trinajstić information content (AvgIpc) is 2.95. The van der Waals surface area contributed by atoms with Crippen LogP contribution in [-0.2, 0) is 32.8 Å². The van der Waals surface area contributed by atoms with Gasteiger partial charge < -0.3 is 10.2 Å². The van der Waals surface area contributed by atoms with Crippen LogP contribution in [0.25, 0.3) is 0 Å². The summed E-state index contributed by atoms with van der Waals surface area (Å²) < 4.78 is 42.4. The van der Waals surface area contributed by atoms with Crippen molar-refractivity contribution >= 4 is 27.7 Å². The molecule has 0 radical (unpaired) electrons. The van der Waals surface area contributed by atoms with Gasteiger partial charge in [0.1, 0.15) is 18.4 Å². The van der Waals surface area contributed by atoms with E-state index in [1.54, 1.807) is 42.5 Å². The average molecular weight is 569 g/mol. The van der Waals surface area contributed by atoms with Gasteiger partial charge in [-0.3, -0.25) is 9.59 Å². The number of rotatable bonds is 13. The molecular weight excluding hydrogens is 531 g/mol. The summed E-state index contributed by atoms with van der Waals surface area (Å²) in [5.41, 5.74) is 1.75. The van der Waals surface area contributed by atoms with Crippen molar-refractivity contribution in [2.75, 3.05) is 24.9 Å². The molecule has 10 heteroatoms. The minimum Gasteiger partial charge on any atom is -0.352 e. The fourth-order valence-electron chi connectivity index (χ4n) is 4.09. The van der Waals surface area contributed by atoms with Crippen LogP contribution >= 0.6 is 0 Å². The quantitative estimate of drug-likeness (QED) is 0.338. The molecule has 0 fully saturated rings. The third-order valence-electron chi connectivity index (χ3n) is 6.60. The number of para-hydroxylation sites is 1. The standard InChI is InChI=1S/C30H37FN4O4S/c1-5-23(2)32-30(37)28(20-24-12-8-6-9-13-24)34(21-25-16-18-26(31)19-17-25)29(36)22-35(40(38,39)33(3)4)27-14-10-7-11-15-27/h6-19,23,28H,5,20-22H2,1-4H3,(H,32,37)/t23-,28-/m0/s1. The monoisotopic (exact) mass is 568 g/mol. The number of nitrogens with zero attached hydrogens (tertiary/aromatic N) is 3. The molecule has 8 nitrogen and oxygen atoms in total. The Morgan fingerprint density at radius 3 is 2.00 bits per heavy atom. The van der Waals surface area contributed by atoms with Crippen molar-refractivity contribution in [1.82, 2.24) is 14.5 Å². The molecule has 0 saturated heterocycles. The predicted molar refractivity (Wildman–Crippen MR) is 155 cm³/mol. The lowest BCUT2D eigenvalue weighted by Gasteiger charge is -2.34. The van der Waals surface area contributed by atoms with Crippen molar-refractivity contribution in [1.29, 1.82) is 0 Å².